The molecule has 0 aliphatic heterocycles. The van der Waals surface area contributed by atoms with Crippen LogP contribution in [0.1, 0.15) is 40.9 Å². The fraction of sp³-hybridized carbons (Fsp3) is 0.348. The Kier molecular flexibility index (Phi) is 9.09. The third-order valence-electron chi connectivity index (χ3n) is 4.24. The summed E-state index contributed by atoms with van der Waals surface area (Å²) in [5, 5.41) is 0. The van der Waals surface area contributed by atoms with Crippen LogP contribution in [-0.2, 0) is 0 Å². The Morgan fingerprint density at radius 3 is 1.79 bits per heavy atom. The minimum absolute atomic E-state index is 0.165. The van der Waals surface area contributed by atoms with Gasteiger partial charge in [0.15, 0.2) is 17.3 Å². The summed E-state index contributed by atoms with van der Waals surface area (Å²) in [5.74, 6) is 1.97. The van der Waals surface area contributed by atoms with Gasteiger partial charge in [-0.25, -0.2) is 0 Å². The van der Waals surface area contributed by atoms with Crippen molar-refractivity contribution in [1.82, 2.24) is 0 Å². The standard InChI is InChI=1S/C21H24O5.C2H6/c1-13-9-15(10-18(23-3)14(13)2)7-8-17(22)16-11-19(24-4)21(26-6)20(12-16)25-5;1-2/h7-12H,1-6H3;1-2H3/b8-7+;. The van der Waals surface area contributed by atoms with Gasteiger partial charge >= 0.3 is 0 Å². The largest absolute Gasteiger partial charge is 0.496 e. The molecule has 0 heterocycles. The van der Waals surface area contributed by atoms with Crippen LogP contribution < -0.4 is 18.9 Å². The molecule has 2 rings (SSSR count). The maximum atomic E-state index is 12.6. The van der Waals surface area contributed by atoms with Gasteiger partial charge < -0.3 is 18.9 Å². The van der Waals surface area contributed by atoms with Crippen molar-refractivity contribution in [1.29, 1.82) is 0 Å². The summed E-state index contributed by atoms with van der Waals surface area (Å²) in [6.45, 7) is 8.01. The molecule has 0 saturated carbocycles. The molecule has 0 spiro atoms. The molecule has 152 valence electrons. The number of aryl methyl sites for hydroxylation is 1. The second-order valence-corrected chi connectivity index (χ2v) is 5.78. The number of allylic oxidation sites excluding steroid dienone is 1. The van der Waals surface area contributed by atoms with Crippen LogP contribution in [0.5, 0.6) is 23.0 Å². The first-order valence-corrected chi connectivity index (χ1v) is 9.12. The average Bonchev–Trinajstić information content (AvgIpc) is 2.74. The van der Waals surface area contributed by atoms with Gasteiger partial charge in [-0.3, -0.25) is 4.79 Å². The number of hydrogen-bond acceptors (Lipinski definition) is 5. The van der Waals surface area contributed by atoms with Gasteiger partial charge in [-0.2, -0.15) is 0 Å². The van der Waals surface area contributed by atoms with Crippen molar-refractivity contribution in [2.24, 2.45) is 0 Å². The Bertz CT molecular complexity index is 812. The third-order valence-corrected chi connectivity index (χ3v) is 4.24. The van der Waals surface area contributed by atoms with Crippen molar-refractivity contribution in [2.45, 2.75) is 27.7 Å². The van der Waals surface area contributed by atoms with E-state index in [4.69, 9.17) is 18.9 Å². The molecule has 5 heteroatoms. The Balaban J connectivity index is 0.00000190. The maximum Gasteiger partial charge on any atom is 0.203 e. The van der Waals surface area contributed by atoms with E-state index in [2.05, 4.69) is 0 Å². The van der Waals surface area contributed by atoms with Crippen molar-refractivity contribution in [3.8, 4) is 23.0 Å². The number of ether oxygens (including phenoxy) is 4. The lowest BCUT2D eigenvalue weighted by atomic mass is 10.0. The molecule has 5 nitrogen and oxygen atoms in total. The van der Waals surface area contributed by atoms with Crippen LogP contribution in [0.15, 0.2) is 30.3 Å². The monoisotopic (exact) mass is 386 g/mol. The van der Waals surface area contributed by atoms with Crippen molar-refractivity contribution in [2.75, 3.05) is 28.4 Å². The Hall–Kier alpha value is -2.95. The van der Waals surface area contributed by atoms with Crippen LogP contribution >= 0.6 is 0 Å². The number of methoxy groups -OCH3 is 4. The number of benzene rings is 2. The Morgan fingerprint density at radius 1 is 0.786 bits per heavy atom. The third kappa shape index (κ3) is 5.28. The lowest BCUT2D eigenvalue weighted by Gasteiger charge is -2.13. The first-order valence-electron chi connectivity index (χ1n) is 9.12. The molecule has 0 atom stereocenters. The van der Waals surface area contributed by atoms with Gasteiger partial charge in [0.2, 0.25) is 5.75 Å². The van der Waals surface area contributed by atoms with Crippen LogP contribution in [-0.4, -0.2) is 34.2 Å². The molecule has 0 aromatic heterocycles. The molecule has 0 aliphatic rings. The highest BCUT2D eigenvalue weighted by atomic mass is 16.5. The van der Waals surface area contributed by atoms with Gasteiger partial charge in [0.05, 0.1) is 28.4 Å². The van der Waals surface area contributed by atoms with Gasteiger partial charge in [-0.05, 0) is 54.8 Å². The van der Waals surface area contributed by atoms with Gasteiger partial charge in [-0.15, -0.1) is 0 Å². The minimum atomic E-state index is -0.165. The number of carbonyl (C=O) groups is 1. The van der Waals surface area contributed by atoms with E-state index >= 15 is 0 Å². The maximum absolute atomic E-state index is 12.6. The fourth-order valence-electron chi connectivity index (χ4n) is 2.65. The number of carbonyl (C=O) groups excluding carboxylic acids is 1. The molecule has 28 heavy (non-hydrogen) atoms. The molecule has 0 amide bonds. The predicted octanol–water partition coefficient (Wildman–Crippen LogP) is 5.26. The summed E-state index contributed by atoms with van der Waals surface area (Å²) in [5.41, 5.74) is 3.53. The smallest absolute Gasteiger partial charge is 0.203 e. The lowest BCUT2D eigenvalue weighted by molar-refractivity contribution is 0.104. The second kappa shape index (κ2) is 11.0. The predicted molar refractivity (Wildman–Crippen MR) is 113 cm³/mol. The highest BCUT2D eigenvalue weighted by Crippen LogP contribution is 2.38. The summed E-state index contributed by atoms with van der Waals surface area (Å²) < 4.78 is 21.2. The van der Waals surface area contributed by atoms with Crippen molar-refractivity contribution >= 4 is 11.9 Å². The first-order chi connectivity index (χ1) is 13.4. The highest BCUT2D eigenvalue weighted by Gasteiger charge is 2.15. The zero-order valence-corrected chi connectivity index (χ0v) is 18.0. The summed E-state index contributed by atoms with van der Waals surface area (Å²) in [6, 6.07) is 7.18. The Morgan fingerprint density at radius 2 is 1.32 bits per heavy atom. The van der Waals surface area contributed by atoms with E-state index in [-0.39, 0.29) is 5.78 Å². The van der Waals surface area contributed by atoms with Crippen LogP contribution in [0, 0.1) is 13.8 Å². The van der Waals surface area contributed by atoms with E-state index in [9.17, 15) is 4.79 Å². The molecule has 0 radical (unpaired) electrons. The summed E-state index contributed by atoms with van der Waals surface area (Å²) in [7, 11) is 6.19. The van der Waals surface area contributed by atoms with Gasteiger partial charge in [0, 0.05) is 5.56 Å². The highest BCUT2D eigenvalue weighted by molar-refractivity contribution is 6.07. The molecule has 0 aliphatic carbocycles. The zero-order chi connectivity index (χ0) is 21.3. The van der Waals surface area contributed by atoms with Crippen molar-refractivity contribution < 1.29 is 23.7 Å². The Labute approximate surface area is 167 Å². The average molecular weight is 386 g/mol. The molecule has 0 bridgehead atoms. The molecular formula is C23H30O5. The van der Waals surface area contributed by atoms with E-state index in [1.807, 2.05) is 39.8 Å². The van der Waals surface area contributed by atoms with E-state index in [0.717, 1.165) is 22.4 Å². The lowest BCUT2D eigenvalue weighted by Crippen LogP contribution is -2.00. The van der Waals surface area contributed by atoms with Crippen molar-refractivity contribution in [3.63, 3.8) is 0 Å². The second-order valence-electron chi connectivity index (χ2n) is 5.78. The number of hydrogen-bond donors (Lipinski definition) is 0. The van der Waals surface area contributed by atoms with Crippen LogP contribution in [0.2, 0.25) is 0 Å². The summed E-state index contributed by atoms with van der Waals surface area (Å²) >= 11 is 0. The first kappa shape index (κ1) is 23.1. The molecule has 0 unspecified atom stereocenters. The van der Waals surface area contributed by atoms with Crippen LogP contribution in [0.25, 0.3) is 6.08 Å². The normalized spacial score (nSPS) is 10.1. The van der Waals surface area contributed by atoms with Gasteiger partial charge in [0.1, 0.15) is 5.75 Å². The van der Waals surface area contributed by atoms with Gasteiger partial charge in [0.25, 0.3) is 0 Å². The number of ketones is 1. The minimum Gasteiger partial charge on any atom is -0.496 e. The molecule has 0 fully saturated rings. The summed E-state index contributed by atoms with van der Waals surface area (Å²) in [6.07, 6.45) is 3.28. The van der Waals surface area contributed by atoms with Crippen LogP contribution in [0.4, 0.5) is 0 Å². The fourth-order valence-corrected chi connectivity index (χ4v) is 2.65. The van der Waals surface area contributed by atoms with Gasteiger partial charge in [-0.1, -0.05) is 26.0 Å². The molecule has 2 aromatic carbocycles. The molecular weight excluding hydrogens is 356 g/mol. The molecule has 2 aromatic rings. The van der Waals surface area contributed by atoms with E-state index in [1.54, 1.807) is 25.3 Å². The SMILES string of the molecule is CC.COc1cc(/C=C/C(=O)c2cc(OC)c(OC)c(OC)c2)cc(C)c1C. The van der Waals surface area contributed by atoms with E-state index in [1.165, 1.54) is 27.4 Å². The van der Waals surface area contributed by atoms with E-state index in [0.29, 0.717) is 22.8 Å². The molecule has 0 saturated heterocycles. The van der Waals surface area contributed by atoms with Crippen molar-refractivity contribution in [3.05, 3.63) is 52.6 Å². The molecule has 0 N–H and O–H groups in total. The van der Waals surface area contributed by atoms with Crippen LogP contribution in [0.3, 0.4) is 0 Å². The zero-order valence-electron chi connectivity index (χ0n) is 18.0. The van der Waals surface area contributed by atoms with E-state index < -0.39 is 0 Å². The number of rotatable bonds is 7. The summed E-state index contributed by atoms with van der Waals surface area (Å²) in [4.78, 5) is 12.6. The quantitative estimate of drug-likeness (QED) is 0.480. The topological polar surface area (TPSA) is 54.0 Å².